The second-order valence-electron chi connectivity index (χ2n) is 3.95. The predicted molar refractivity (Wildman–Crippen MR) is 76.8 cm³/mol. The highest BCUT2D eigenvalue weighted by Crippen LogP contribution is 2.31. The molecule has 0 aliphatic carbocycles. The Morgan fingerprint density at radius 3 is 2.50 bits per heavy atom. The molecule has 1 N–H and O–H groups in total. The first-order valence-electron chi connectivity index (χ1n) is 5.93. The van der Waals surface area contributed by atoms with Gasteiger partial charge in [0.15, 0.2) is 5.13 Å². The zero-order valence-electron chi connectivity index (χ0n) is 10.7. The minimum atomic E-state index is 0.359. The third-order valence-corrected chi connectivity index (χ3v) is 5.63. The molecular weight excluding hydrogens is 236 g/mol. The van der Waals surface area contributed by atoms with E-state index in [2.05, 4.69) is 42.7 Å². The van der Waals surface area contributed by atoms with Crippen molar-refractivity contribution in [3.8, 4) is 0 Å². The molecule has 1 heterocycles. The highest BCUT2D eigenvalue weighted by molar-refractivity contribution is 8.00. The Bertz CT molecular complexity index is 297. The Labute approximate surface area is 107 Å². The van der Waals surface area contributed by atoms with Crippen LogP contribution in [0.4, 0.5) is 5.13 Å². The predicted octanol–water partition coefficient (Wildman–Crippen LogP) is 4.04. The van der Waals surface area contributed by atoms with E-state index >= 15 is 0 Å². The Hall–Kier alpha value is -0.220. The number of nitrogens with zero attached hydrogens (tertiary/aromatic N) is 1. The molecule has 0 bridgehead atoms. The fourth-order valence-corrected chi connectivity index (χ4v) is 3.23. The number of aromatic nitrogens is 1. The van der Waals surface area contributed by atoms with Gasteiger partial charge >= 0.3 is 0 Å². The van der Waals surface area contributed by atoms with Gasteiger partial charge in [-0.15, -0.1) is 11.3 Å². The highest BCUT2D eigenvalue weighted by atomic mass is 32.2. The first kappa shape index (κ1) is 13.8. The molecule has 0 amide bonds. The van der Waals surface area contributed by atoms with Gasteiger partial charge in [0, 0.05) is 16.7 Å². The van der Waals surface area contributed by atoms with Gasteiger partial charge in [0.2, 0.25) is 0 Å². The van der Waals surface area contributed by atoms with Crippen molar-refractivity contribution < 1.29 is 0 Å². The Balaban J connectivity index is 2.55. The van der Waals surface area contributed by atoms with Crippen molar-refractivity contribution in [2.45, 2.75) is 44.8 Å². The summed E-state index contributed by atoms with van der Waals surface area (Å²) in [5.74, 6) is 0. The SMILES string of the molecule is CCc1csc(NCC(CC)(CC)SC)n1. The Kier molecular flexibility index (Phi) is 5.62. The van der Waals surface area contributed by atoms with E-state index < -0.39 is 0 Å². The summed E-state index contributed by atoms with van der Waals surface area (Å²) in [4.78, 5) is 4.53. The van der Waals surface area contributed by atoms with Crippen LogP contribution in [0.15, 0.2) is 5.38 Å². The summed E-state index contributed by atoms with van der Waals surface area (Å²) in [7, 11) is 0. The fraction of sp³-hybridized carbons (Fsp3) is 0.750. The van der Waals surface area contributed by atoms with Crippen molar-refractivity contribution in [3.63, 3.8) is 0 Å². The summed E-state index contributed by atoms with van der Waals surface area (Å²) in [5, 5.41) is 6.69. The van der Waals surface area contributed by atoms with Crippen molar-refractivity contribution in [1.29, 1.82) is 0 Å². The molecule has 0 aliphatic heterocycles. The zero-order valence-corrected chi connectivity index (χ0v) is 12.3. The fourth-order valence-electron chi connectivity index (χ4n) is 1.65. The average Bonchev–Trinajstić information content (AvgIpc) is 2.80. The van der Waals surface area contributed by atoms with E-state index in [9.17, 15) is 0 Å². The molecule has 16 heavy (non-hydrogen) atoms. The lowest BCUT2D eigenvalue weighted by atomic mass is 10.0. The lowest BCUT2D eigenvalue weighted by Gasteiger charge is -2.29. The third kappa shape index (κ3) is 3.39. The number of nitrogens with one attached hydrogen (secondary N) is 1. The van der Waals surface area contributed by atoms with E-state index in [1.54, 1.807) is 11.3 Å². The standard InChI is InChI=1S/C12H22N2S2/c1-5-10-8-16-11(14-10)13-9-12(6-2,7-3)15-4/h8H,5-7,9H2,1-4H3,(H,13,14). The quantitative estimate of drug-likeness (QED) is 0.799. The number of thioether (sulfide) groups is 1. The summed E-state index contributed by atoms with van der Waals surface area (Å²) in [6.07, 6.45) is 5.62. The topological polar surface area (TPSA) is 24.9 Å². The summed E-state index contributed by atoms with van der Waals surface area (Å²) in [6, 6.07) is 0. The lowest BCUT2D eigenvalue weighted by molar-refractivity contribution is 0.574. The molecule has 0 unspecified atom stereocenters. The van der Waals surface area contributed by atoms with Gasteiger partial charge in [-0.25, -0.2) is 4.98 Å². The van der Waals surface area contributed by atoms with Crippen molar-refractivity contribution >= 4 is 28.2 Å². The van der Waals surface area contributed by atoms with E-state index in [0.29, 0.717) is 4.75 Å². The Morgan fingerprint density at radius 2 is 2.06 bits per heavy atom. The number of anilines is 1. The Morgan fingerprint density at radius 1 is 1.38 bits per heavy atom. The van der Waals surface area contributed by atoms with Gasteiger partial charge in [-0.05, 0) is 25.5 Å². The molecule has 0 spiro atoms. The van der Waals surface area contributed by atoms with Crippen LogP contribution in [0.3, 0.4) is 0 Å². The van der Waals surface area contributed by atoms with Crippen LogP contribution < -0.4 is 5.32 Å². The van der Waals surface area contributed by atoms with Crippen LogP contribution in [0.25, 0.3) is 0 Å². The summed E-state index contributed by atoms with van der Waals surface area (Å²) in [5.41, 5.74) is 1.19. The second kappa shape index (κ2) is 6.50. The summed E-state index contributed by atoms with van der Waals surface area (Å²) in [6.45, 7) is 7.68. The van der Waals surface area contributed by atoms with Crippen molar-refractivity contribution in [1.82, 2.24) is 4.98 Å². The van der Waals surface area contributed by atoms with E-state index in [4.69, 9.17) is 0 Å². The van der Waals surface area contributed by atoms with E-state index in [1.807, 2.05) is 11.8 Å². The number of rotatable bonds is 7. The number of hydrogen-bond acceptors (Lipinski definition) is 4. The molecule has 0 saturated heterocycles. The van der Waals surface area contributed by atoms with Crippen LogP contribution in [-0.2, 0) is 6.42 Å². The minimum Gasteiger partial charge on any atom is -0.360 e. The number of hydrogen-bond donors (Lipinski definition) is 1. The van der Waals surface area contributed by atoms with E-state index in [0.717, 1.165) is 18.1 Å². The number of aryl methyl sites for hydroxylation is 1. The van der Waals surface area contributed by atoms with Gasteiger partial charge in [0.05, 0.1) is 5.69 Å². The van der Waals surface area contributed by atoms with Crippen molar-refractivity contribution in [3.05, 3.63) is 11.1 Å². The van der Waals surface area contributed by atoms with Gasteiger partial charge in [0.1, 0.15) is 0 Å². The van der Waals surface area contributed by atoms with Crippen LogP contribution in [0.2, 0.25) is 0 Å². The molecule has 1 aromatic heterocycles. The first-order valence-corrected chi connectivity index (χ1v) is 8.03. The van der Waals surface area contributed by atoms with Crippen LogP contribution in [0.1, 0.15) is 39.3 Å². The molecule has 0 fully saturated rings. The molecule has 2 nitrogen and oxygen atoms in total. The normalized spacial score (nSPS) is 11.8. The van der Waals surface area contributed by atoms with Crippen LogP contribution >= 0.6 is 23.1 Å². The first-order chi connectivity index (χ1) is 7.69. The second-order valence-corrected chi connectivity index (χ2v) is 6.08. The van der Waals surface area contributed by atoms with Crippen LogP contribution in [-0.4, -0.2) is 22.5 Å². The molecule has 1 rings (SSSR count). The summed E-state index contributed by atoms with van der Waals surface area (Å²) < 4.78 is 0.359. The maximum Gasteiger partial charge on any atom is 0.182 e. The maximum absolute atomic E-state index is 4.53. The van der Waals surface area contributed by atoms with Gasteiger partial charge in [-0.3, -0.25) is 0 Å². The van der Waals surface area contributed by atoms with Gasteiger partial charge in [0.25, 0.3) is 0 Å². The minimum absolute atomic E-state index is 0.359. The molecule has 92 valence electrons. The van der Waals surface area contributed by atoms with E-state index in [1.165, 1.54) is 18.5 Å². The van der Waals surface area contributed by atoms with Crippen LogP contribution in [0.5, 0.6) is 0 Å². The molecule has 1 aromatic rings. The zero-order chi connectivity index (χ0) is 12.0. The number of thiazole rings is 1. The molecule has 0 aromatic carbocycles. The smallest absolute Gasteiger partial charge is 0.182 e. The van der Waals surface area contributed by atoms with Gasteiger partial charge < -0.3 is 5.32 Å². The molecule has 4 heteroatoms. The monoisotopic (exact) mass is 258 g/mol. The molecule has 0 aliphatic rings. The largest absolute Gasteiger partial charge is 0.360 e. The molecule has 0 saturated carbocycles. The lowest BCUT2D eigenvalue weighted by Crippen LogP contribution is -2.31. The average molecular weight is 258 g/mol. The molecule has 0 atom stereocenters. The van der Waals surface area contributed by atoms with Gasteiger partial charge in [-0.1, -0.05) is 20.8 Å². The molecular formula is C12H22N2S2. The highest BCUT2D eigenvalue weighted by Gasteiger charge is 2.24. The molecule has 0 radical (unpaired) electrons. The third-order valence-electron chi connectivity index (χ3n) is 3.20. The van der Waals surface area contributed by atoms with Crippen molar-refractivity contribution in [2.75, 3.05) is 18.1 Å². The van der Waals surface area contributed by atoms with Crippen molar-refractivity contribution in [2.24, 2.45) is 0 Å². The van der Waals surface area contributed by atoms with Crippen LogP contribution in [0, 0.1) is 0 Å². The van der Waals surface area contributed by atoms with E-state index in [-0.39, 0.29) is 0 Å². The summed E-state index contributed by atoms with van der Waals surface area (Å²) >= 11 is 3.68. The van der Waals surface area contributed by atoms with Gasteiger partial charge in [-0.2, -0.15) is 11.8 Å². The maximum atomic E-state index is 4.53.